The second-order valence-electron chi connectivity index (χ2n) is 4.31. The van der Waals surface area contributed by atoms with Crippen LogP contribution < -0.4 is 10.6 Å². The number of anilines is 1. The number of halogens is 2. The van der Waals surface area contributed by atoms with Gasteiger partial charge in [-0.2, -0.15) is 0 Å². The Morgan fingerprint density at radius 3 is 2.48 bits per heavy atom. The van der Waals surface area contributed by atoms with E-state index in [1.165, 1.54) is 18.2 Å². The van der Waals surface area contributed by atoms with Crippen molar-refractivity contribution < 1.29 is 9.72 Å². The average Bonchev–Trinajstić information content (AvgIpc) is 2.49. The summed E-state index contributed by atoms with van der Waals surface area (Å²) in [5, 5.41) is 16.2. The van der Waals surface area contributed by atoms with E-state index in [0.29, 0.717) is 5.69 Å². The van der Waals surface area contributed by atoms with E-state index in [0.717, 1.165) is 0 Å². The van der Waals surface area contributed by atoms with Crippen LogP contribution >= 0.6 is 35.4 Å². The summed E-state index contributed by atoms with van der Waals surface area (Å²) in [6.45, 7) is 0. The van der Waals surface area contributed by atoms with Gasteiger partial charge in [-0.1, -0.05) is 35.3 Å². The number of hydrogen-bond acceptors (Lipinski definition) is 4. The highest BCUT2D eigenvalue weighted by atomic mass is 35.5. The summed E-state index contributed by atoms with van der Waals surface area (Å²) in [4.78, 5) is 22.3. The maximum Gasteiger partial charge on any atom is 0.289 e. The lowest BCUT2D eigenvalue weighted by Gasteiger charge is -2.10. The van der Waals surface area contributed by atoms with Crippen molar-refractivity contribution in [2.24, 2.45) is 0 Å². The van der Waals surface area contributed by atoms with Crippen LogP contribution in [0, 0.1) is 10.1 Å². The molecule has 0 saturated carbocycles. The molecular weight excluding hydrogens is 361 g/mol. The van der Waals surface area contributed by atoms with Crippen LogP contribution in [-0.2, 0) is 0 Å². The van der Waals surface area contributed by atoms with Crippen LogP contribution in [0.3, 0.4) is 0 Å². The first-order valence-electron chi connectivity index (χ1n) is 6.19. The van der Waals surface area contributed by atoms with E-state index in [1.54, 1.807) is 24.3 Å². The van der Waals surface area contributed by atoms with Crippen LogP contribution in [0.15, 0.2) is 42.5 Å². The van der Waals surface area contributed by atoms with Crippen molar-refractivity contribution in [2.45, 2.75) is 0 Å². The summed E-state index contributed by atoms with van der Waals surface area (Å²) in [5.74, 6) is -0.489. The lowest BCUT2D eigenvalue weighted by Crippen LogP contribution is -2.34. The molecule has 6 nitrogen and oxygen atoms in total. The van der Waals surface area contributed by atoms with Crippen LogP contribution in [0.4, 0.5) is 11.4 Å². The topological polar surface area (TPSA) is 84.3 Å². The van der Waals surface area contributed by atoms with Gasteiger partial charge in [0, 0.05) is 11.8 Å². The number of benzene rings is 2. The Hall–Kier alpha value is -2.22. The second kappa shape index (κ2) is 7.36. The SMILES string of the molecule is O=C(NC(=S)Nc1ccc(Cl)c([N+](=O)[O-])c1)c1ccccc1Cl. The Balaban J connectivity index is 2.08. The van der Waals surface area contributed by atoms with Crippen molar-refractivity contribution in [2.75, 3.05) is 5.32 Å². The predicted molar refractivity (Wildman–Crippen MR) is 93.2 cm³/mol. The molecule has 0 aliphatic heterocycles. The van der Waals surface area contributed by atoms with E-state index in [4.69, 9.17) is 35.4 Å². The quantitative estimate of drug-likeness (QED) is 0.484. The molecule has 0 aliphatic carbocycles. The highest BCUT2D eigenvalue weighted by Crippen LogP contribution is 2.27. The summed E-state index contributed by atoms with van der Waals surface area (Å²) in [5.41, 5.74) is 0.322. The minimum absolute atomic E-state index is 0.00608. The van der Waals surface area contributed by atoms with Crippen LogP contribution in [0.2, 0.25) is 10.0 Å². The smallest absolute Gasteiger partial charge is 0.289 e. The zero-order chi connectivity index (χ0) is 17.0. The number of amides is 1. The number of thiocarbonyl (C=S) groups is 1. The lowest BCUT2D eigenvalue weighted by atomic mass is 10.2. The first-order valence-corrected chi connectivity index (χ1v) is 7.35. The van der Waals surface area contributed by atoms with Crippen molar-refractivity contribution in [3.8, 4) is 0 Å². The molecule has 0 aromatic heterocycles. The molecule has 0 atom stereocenters. The van der Waals surface area contributed by atoms with Crippen molar-refractivity contribution in [3.05, 3.63) is 68.2 Å². The van der Waals surface area contributed by atoms with Gasteiger partial charge in [-0.15, -0.1) is 0 Å². The Morgan fingerprint density at radius 2 is 1.83 bits per heavy atom. The minimum atomic E-state index is -0.612. The van der Waals surface area contributed by atoms with Crippen LogP contribution in [-0.4, -0.2) is 15.9 Å². The van der Waals surface area contributed by atoms with E-state index in [2.05, 4.69) is 10.6 Å². The van der Waals surface area contributed by atoms with Gasteiger partial charge in [-0.3, -0.25) is 20.2 Å². The predicted octanol–water partition coefficient (Wildman–Crippen LogP) is 4.03. The molecular formula is C14H9Cl2N3O3S. The number of nitrogens with zero attached hydrogens (tertiary/aromatic N) is 1. The van der Waals surface area contributed by atoms with E-state index in [1.807, 2.05) is 0 Å². The van der Waals surface area contributed by atoms with E-state index < -0.39 is 10.8 Å². The first kappa shape index (κ1) is 17.1. The standard InChI is InChI=1S/C14H9Cl2N3O3S/c15-10-4-2-1-3-9(10)13(20)18-14(23)17-8-5-6-11(16)12(7-8)19(21)22/h1-7H,(H2,17,18,20,23). The number of nitro benzene ring substituents is 1. The van der Waals surface area contributed by atoms with E-state index in [-0.39, 0.29) is 26.4 Å². The third-order valence-corrected chi connectivity index (χ3v) is 3.60. The highest BCUT2D eigenvalue weighted by Gasteiger charge is 2.15. The summed E-state index contributed by atoms with van der Waals surface area (Å²) in [6, 6.07) is 10.6. The highest BCUT2D eigenvalue weighted by molar-refractivity contribution is 7.80. The molecule has 118 valence electrons. The van der Waals surface area contributed by atoms with Gasteiger partial charge in [0.05, 0.1) is 15.5 Å². The van der Waals surface area contributed by atoms with E-state index in [9.17, 15) is 14.9 Å². The Labute approximate surface area is 146 Å². The van der Waals surface area contributed by atoms with Gasteiger partial charge in [-0.25, -0.2) is 0 Å². The average molecular weight is 370 g/mol. The second-order valence-corrected chi connectivity index (χ2v) is 5.53. The van der Waals surface area contributed by atoms with Crippen molar-refractivity contribution in [1.82, 2.24) is 5.32 Å². The summed E-state index contributed by atoms with van der Waals surface area (Å²) < 4.78 is 0. The zero-order valence-electron chi connectivity index (χ0n) is 11.4. The molecule has 9 heteroatoms. The molecule has 2 aromatic carbocycles. The molecule has 0 radical (unpaired) electrons. The van der Waals surface area contributed by atoms with Gasteiger partial charge in [-0.05, 0) is 36.5 Å². The zero-order valence-corrected chi connectivity index (χ0v) is 13.7. The Bertz CT molecular complexity index is 799. The third kappa shape index (κ3) is 4.38. The Kier molecular flexibility index (Phi) is 5.49. The van der Waals surface area contributed by atoms with E-state index >= 15 is 0 Å². The molecule has 1 amide bonds. The fourth-order valence-electron chi connectivity index (χ4n) is 1.71. The maximum absolute atomic E-state index is 12.0. The number of hydrogen-bond donors (Lipinski definition) is 2. The lowest BCUT2D eigenvalue weighted by molar-refractivity contribution is -0.384. The largest absolute Gasteiger partial charge is 0.332 e. The fraction of sp³-hybridized carbons (Fsp3) is 0. The van der Waals surface area contributed by atoms with Crippen molar-refractivity contribution in [3.63, 3.8) is 0 Å². The molecule has 0 spiro atoms. The van der Waals surface area contributed by atoms with Gasteiger partial charge in [0.2, 0.25) is 0 Å². The van der Waals surface area contributed by atoms with Gasteiger partial charge >= 0.3 is 0 Å². The normalized spacial score (nSPS) is 10.0. The van der Waals surface area contributed by atoms with Crippen molar-refractivity contribution >= 4 is 57.8 Å². The summed E-state index contributed by atoms with van der Waals surface area (Å²) in [6.07, 6.45) is 0. The van der Waals surface area contributed by atoms with Crippen molar-refractivity contribution in [1.29, 1.82) is 0 Å². The maximum atomic E-state index is 12.0. The molecule has 2 aromatic rings. The monoisotopic (exact) mass is 369 g/mol. The number of rotatable bonds is 3. The molecule has 2 rings (SSSR count). The molecule has 0 saturated heterocycles. The molecule has 0 fully saturated rings. The van der Waals surface area contributed by atoms with Crippen LogP contribution in [0.25, 0.3) is 0 Å². The van der Waals surface area contributed by atoms with Crippen LogP contribution in [0.1, 0.15) is 10.4 Å². The molecule has 23 heavy (non-hydrogen) atoms. The van der Waals surface area contributed by atoms with Gasteiger partial charge in [0.25, 0.3) is 11.6 Å². The number of nitro groups is 1. The fourth-order valence-corrected chi connectivity index (χ4v) is 2.33. The molecule has 0 unspecified atom stereocenters. The van der Waals surface area contributed by atoms with Gasteiger partial charge in [0.15, 0.2) is 5.11 Å². The number of nitrogens with one attached hydrogen (secondary N) is 2. The van der Waals surface area contributed by atoms with Crippen LogP contribution in [0.5, 0.6) is 0 Å². The molecule has 0 bridgehead atoms. The molecule has 0 heterocycles. The number of carbonyl (C=O) groups is 1. The number of carbonyl (C=O) groups excluding carboxylic acids is 1. The minimum Gasteiger partial charge on any atom is -0.332 e. The van der Waals surface area contributed by atoms with Gasteiger partial charge in [0.1, 0.15) is 5.02 Å². The first-order chi connectivity index (χ1) is 10.9. The molecule has 2 N–H and O–H groups in total. The van der Waals surface area contributed by atoms with Gasteiger partial charge < -0.3 is 5.32 Å². The third-order valence-electron chi connectivity index (χ3n) is 2.75. The summed E-state index contributed by atoms with van der Waals surface area (Å²) >= 11 is 16.7. The molecule has 0 aliphatic rings. The Morgan fingerprint density at radius 1 is 1.13 bits per heavy atom. The summed E-state index contributed by atoms with van der Waals surface area (Å²) in [7, 11) is 0.